The topological polar surface area (TPSA) is 130 Å². The first-order chi connectivity index (χ1) is 12.4. The van der Waals surface area contributed by atoms with Gasteiger partial charge in [-0.05, 0) is 29.6 Å². The Kier molecular flexibility index (Phi) is 9.39. The highest BCUT2D eigenvalue weighted by Gasteiger charge is 2.14. The van der Waals surface area contributed by atoms with Crippen molar-refractivity contribution in [2.45, 2.75) is 11.3 Å². The third-order valence-electron chi connectivity index (χ3n) is 3.29. The average molecular weight is 433 g/mol. The average Bonchev–Trinajstić information content (AvgIpc) is 3.15. The van der Waals surface area contributed by atoms with Gasteiger partial charge in [0.05, 0.1) is 4.90 Å². The third kappa shape index (κ3) is 7.27. The second kappa shape index (κ2) is 11.0. The van der Waals surface area contributed by atoms with E-state index in [2.05, 4.69) is 15.4 Å². The van der Waals surface area contributed by atoms with Gasteiger partial charge < -0.3 is 16.4 Å². The monoisotopic (exact) mass is 432 g/mol. The molecule has 148 valence electrons. The Morgan fingerprint density at radius 1 is 1.15 bits per heavy atom. The predicted molar refractivity (Wildman–Crippen MR) is 108 cm³/mol. The van der Waals surface area contributed by atoms with Gasteiger partial charge in [0.2, 0.25) is 15.9 Å². The van der Waals surface area contributed by atoms with Crippen LogP contribution < -0.4 is 21.1 Å². The molecule has 1 aromatic heterocycles. The molecule has 2 amide bonds. The van der Waals surface area contributed by atoms with Crippen molar-refractivity contribution in [2.75, 3.05) is 25.0 Å². The van der Waals surface area contributed by atoms with Crippen LogP contribution in [0.1, 0.15) is 16.8 Å². The number of carbonyl (C=O) groups excluding carboxylic acids is 2. The fourth-order valence-corrected chi connectivity index (χ4v) is 3.76. The lowest BCUT2D eigenvalue weighted by Crippen LogP contribution is -2.29. The van der Waals surface area contributed by atoms with Crippen LogP contribution in [0.5, 0.6) is 0 Å². The molecule has 0 spiro atoms. The Labute approximate surface area is 168 Å². The molecule has 0 fully saturated rings. The first kappa shape index (κ1) is 23.1. The van der Waals surface area contributed by atoms with E-state index in [0.717, 1.165) is 0 Å². The number of hydrogen-bond donors (Lipinski definition) is 4. The Balaban J connectivity index is 0.00000364. The molecule has 0 aliphatic heterocycles. The number of halogens is 1. The normalized spacial score (nSPS) is 10.7. The van der Waals surface area contributed by atoms with E-state index < -0.39 is 10.0 Å². The zero-order valence-corrected chi connectivity index (χ0v) is 16.8. The molecule has 0 saturated carbocycles. The molecule has 5 N–H and O–H groups in total. The van der Waals surface area contributed by atoms with E-state index in [-0.39, 0.29) is 55.2 Å². The van der Waals surface area contributed by atoms with Gasteiger partial charge in [-0.3, -0.25) is 9.59 Å². The molecule has 0 saturated heterocycles. The van der Waals surface area contributed by atoms with Crippen molar-refractivity contribution in [3.63, 3.8) is 0 Å². The molecule has 2 rings (SSSR count). The van der Waals surface area contributed by atoms with Crippen LogP contribution in [0.4, 0.5) is 5.69 Å². The maximum atomic E-state index is 12.1. The number of sulfonamides is 1. The second-order valence-corrected chi connectivity index (χ2v) is 7.83. The fraction of sp³-hybridized carbons (Fsp3) is 0.250. The summed E-state index contributed by atoms with van der Waals surface area (Å²) < 4.78 is 26.5. The number of anilines is 1. The van der Waals surface area contributed by atoms with E-state index in [1.165, 1.54) is 29.5 Å². The Hall–Kier alpha value is -1.98. The lowest BCUT2D eigenvalue weighted by atomic mass is 10.3. The maximum Gasteiger partial charge on any atom is 0.252 e. The summed E-state index contributed by atoms with van der Waals surface area (Å²) in [5.41, 5.74) is 6.21. The van der Waals surface area contributed by atoms with Gasteiger partial charge in [0, 0.05) is 42.7 Å². The van der Waals surface area contributed by atoms with Crippen LogP contribution in [-0.2, 0) is 14.8 Å². The molecule has 0 aliphatic rings. The predicted octanol–water partition coefficient (Wildman–Crippen LogP) is 1.17. The van der Waals surface area contributed by atoms with Crippen LogP contribution in [0.25, 0.3) is 0 Å². The van der Waals surface area contributed by atoms with E-state index in [1.807, 2.05) is 0 Å². The van der Waals surface area contributed by atoms with Crippen molar-refractivity contribution in [3.8, 4) is 0 Å². The van der Waals surface area contributed by atoms with Crippen LogP contribution in [0.2, 0.25) is 0 Å². The molecule has 0 aliphatic carbocycles. The molecule has 1 heterocycles. The van der Waals surface area contributed by atoms with Gasteiger partial charge in [-0.2, -0.15) is 11.3 Å². The molecule has 0 bridgehead atoms. The van der Waals surface area contributed by atoms with Crippen molar-refractivity contribution >= 4 is 51.3 Å². The fourth-order valence-electron chi connectivity index (χ4n) is 2.03. The first-order valence-electron chi connectivity index (χ1n) is 7.82. The van der Waals surface area contributed by atoms with Crippen LogP contribution in [-0.4, -0.2) is 39.9 Å². The molecule has 27 heavy (non-hydrogen) atoms. The third-order valence-corrected chi connectivity index (χ3v) is 5.43. The lowest BCUT2D eigenvalue weighted by Gasteiger charge is -2.09. The molecule has 0 unspecified atom stereocenters. The number of benzene rings is 1. The number of amides is 2. The van der Waals surface area contributed by atoms with Gasteiger partial charge in [-0.15, -0.1) is 12.4 Å². The number of nitrogens with one attached hydrogen (secondary N) is 3. The summed E-state index contributed by atoms with van der Waals surface area (Å²) in [5.74, 6) is -0.571. The van der Waals surface area contributed by atoms with E-state index in [1.54, 1.807) is 22.9 Å². The van der Waals surface area contributed by atoms with Crippen LogP contribution in [0.3, 0.4) is 0 Å². The smallest absolute Gasteiger partial charge is 0.252 e. The van der Waals surface area contributed by atoms with E-state index in [4.69, 9.17) is 5.73 Å². The largest absolute Gasteiger partial charge is 0.351 e. The summed E-state index contributed by atoms with van der Waals surface area (Å²) in [7, 11) is -3.67. The number of nitrogens with two attached hydrogens (primary N) is 1. The molecule has 8 nitrogen and oxygen atoms in total. The maximum absolute atomic E-state index is 12.1. The van der Waals surface area contributed by atoms with E-state index in [9.17, 15) is 18.0 Å². The van der Waals surface area contributed by atoms with Crippen LogP contribution in [0, 0.1) is 0 Å². The van der Waals surface area contributed by atoms with Crippen molar-refractivity contribution in [1.82, 2.24) is 10.0 Å². The quantitative estimate of drug-likeness (QED) is 0.472. The Morgan fingerprint density at radius 2 is 1.93 bits per heavy atom. The summed E-state index contributed by atoms with van der Waals surface area (Å²) in [5, 5.41) is 8.78. The van der Waals surface area contributed by atoms with Crippen molar-refractivity contribution < 1.29 is 18.0 Å². The summed E-state index contributed by atoms with van der Waals surface area (Å²) in [4.78, 5) is 23.8. The van der Waals surface area contributed by atoms with Gasteiger partial charge in [-0.25, -0.2) is 13.1 Å². The number of rotatable bonds is 9. The molecular formula is C16H21ClN4O4S2. The zero-order valence-electron chi connectivity index (χ0n) is 14.3. The Bertz CT molecular complexity index is 857. The second-order valence-electron chi connectivity index (χ2n) is 5.28. The van der Waals surface area contributed by atoms with Crippen LogP contribution in [0.15, 0.2) is 46.0 Å². The van der Waals surface area contributed by atoms with Gasteiger partial charge >= 0.3 is 0 Å². The minimum absolute atomic E-state index is 0. The van der Waals surface area contributed by atoms with Gasteiger partial charge in [-0.1, -0.05) is 6.07 Å². The SMILES string of the molecule is Cl.NCCNS(=O)(=O)c1cccc(NC(=O)CCNC(=O)c2ccsc2)c1. The highest BCUT2D eigenvalue weighted by atomic mass is 35.5. The standard InChI is InChI=1S/C16H20N4O4S2.ClH/c17-6-8-19-26(23,24)14-3-1-2-13(10-14)20-15(21)4-7-18-16(22)12-5-9-25-11-12;/h1-3,5,9-11,19H,4,6-8,17H2,(H,18,22)(H,20,21);1H. The molecule has 1 aromatic carbocycles. The number of carbonyl (C=O) groups is 2. The summed E-state index contributed by atoms with van der Waals surface area (Å²) in [6.45, 7) is 0.492. The summed E-state index contributed by atoms with van der Waals surface area (Å²) >= 11 is 1.42. The molecule has 0 radical (unpaired) electrons. The Morgan fingerprint density at radius 3 is 2.59 bits per heavy atom. The van der Waals surface area contributed by atoms with Crippen LogP contribution >= 0.6 is 23.7 Å². The van der Waals surface area contributed by atoms with Gasteiger partial charge in [0.15, 0.2) is 0 Å². The summed E-state index contributed by atoms with van der Waals surface area (Å²) in [6, 6.07) is 7.61. The van der Waals surface area contributed by atoms with Crippen molar-refractivity contribution in [2.24, 2.45) is 5.73 Å². The lowest BCUT2D eigenvalue weighted by molar-refractivity contribution is -0.116. The van der Waals surface area contributed by atoms with E-state index >= 15 is 0 Å². The van der Waals surface area contributed by atoms with Crippen molar-refractivity contribution in [3.05, 3.63) is 46.7 Å². The van der Waals surface area contributed by atoms with E-state index in [0.29, 0.717) is 11.3 Å². The minimum atomic E-state index is -3.67. The molecule has 0 atom stereocenters. The molecule has 2 aromatic rings. The minimum Gasteiger partial charge on any atom is -0.351 e. The summed E-state index contributed by atoms with van der Waals surface area (Å²) in [6.07, 6.45) is 0.0677. The molecular weight excluding hydrogens is 412 g/mol. The highest BCUT2D eigenvalue weighted by molar-refractivity contribution is 7.89. The van der Waals surface area contributed by atoms with Gasteiger partial charge in [0.25, 0.3) is 5.91 Å². The highest BCUT2D eigenvalue weighted by Crippen LogP contribution is 2.15. The van der Waals surface area contributed by atoms with Crippen molar-refractivity contribution in [1.29, 1.82) is 0 Å². The molecule has 11 heteroatoms. The zero-order chi connectivity index (χ0) is 19.0. The first-order valence-corrected chi connectivity index (χ1v) is 10.2. The number of hydrogen-bond acceptors (Lipinski definition) is 6. The number of thiophene rings is 1. The van der Waals surface area contributed by atoms with Gasteiger partial charge in [0.1, 0.15) is 0 Å².